The van der Waals surface area contributed by atoms with Crippen molar-refractivity contribution < 1.29 is 9.72 Å². The van der Waals surface area contributed by atoms with Gasteiger partial charge in [0.15, 0.2) is 0 Å². The van der Waals surface area contributed by atoms with Crippen LogP contribution < -0.4 is 4.90 Å². The quantitative estimate of drug-likeness (QED) is 0.599. The molecule has 1 aliphatic rings. The fraction of sp³-hybridized carbons (Fsp3) is 0.353. The van der Waals surface area contributed by atoms with Gasteiger partial charge < -0.3 is 9.80 Å². The van der Waals surface area contributed by atoms with E-state index in [0.717, 1.165) is 21.0 Å². The van der Waals surface area contributed by atoms with Crippen molar-refractivity contribution in [1.82, 2.24) is 4.90 Å². The van der Waals surface area contributed by atoms with Gasteiger partial charge in [-0.1, -0.05) is 11.6 Å². The number of nitrogens with zero attached hydrogens (tertiary/aromatic N) is 3. The number of nitro groups is 1. The van der Waals surface area contributed by atoms with Crippen LogP contribution in [0.1, 0.15) is 20.1 Å². The maximum Gasteiger partial charge on any atom is 0.271 e. The number of halogens is 1. The van der Waals surface area contributed by atoms with Gasteiger partial charge in [0, 0.05) is 43.2 Å². The summed E-state index contributed by atoms with van der Waals surface area (Å²) in [5.41, 5.74) is 1.58. The van der Waals surface area contributed by atoms with Gasteiger partial charge in [0.05, 0.1) is 20.5 Å². The average molecular weight is 380 g/mol. The standard InChI is InChI=1S/C17H18ClN3O3S/c1-11-9-13(21(23)24)10-14(18)16(11)19-5-7-20(8-6-19)17(22)15-4-3-12(2)25-15/h3-4,9-10H,5-8H2,1-2H3. The monoisotopic (exact) mass is 379 g/mol. The number of anilines is 1. The van der Waals surface area contributed by atoms with Crippen LogP contribution in [0.15, 0.2) is 24.3 Å². The van der Waals surface area contributed by atoms with E-state index in [2.05, 4.69) is 4.90 Å². The van der Waals surface area contributed by atoms with Gasteiger partial charge in [-0.2, -0.15) is 0 Å². The minimum Gasteiger partial charge on any atom is -0.367 e. The number of carbonyl (C=O) groups is 1. The van der Waals surface area contributed by atoms with Crippen molar-refractivity contribution in [2.45, 2.75) is 13.8 Å². The van der Waals surface area contributed by atoms with E-state index in [-0.39, 0.29) is 11.6 Å². The molecule has 6 nitrogen and oxygen atoms in total. The molecule has 1 saturated heterocycles. The Balaban J connectivity index is 1.72. The maximum absolute atomic E-state index is 12.5. The van der Waals surface area contributed by atoms with Crippen molar-refractivity contribution in [2.75, 3.05) is 31.1 Å². The van der Waals surface area contributed by atoms with Crippen LogP contribution in [0.3, 0.4) is 0 Å². The second-order valence-corrected chi connectivity index (χ2v) is 7.73. The van der Waals surface area contributed by atoms with Crippen LogP contribution in [0.5, 0.6) is 0 Å². The van der Waals surface area contributed by atoms with Crippen LogP contribution in [0.25, 0.3) is 0 Å². The first-order chi connectivity index (χ1) is 11.9. The number of amides is 1. The number of carbonyl (C=O) groups excluding carboxylic acids is 1. The largest absolute Gasteiger partial charge is 0.367 e. The molecule has 2 heterocycles. The topological polar surface area (TPSA) is 66.7 Å². The highest BCUT2D eigenvalue weighted by Gasteiger charge is 2.26. The Kier molecular flexibility index (Phi) is 4.96. The predicted molar refractivity (Wildman–Crippen MR) is 100 cm³/mol. The van der Waals surface area contributed by atoms with E-state index in [0.29, 0.717) is 31.2 Å². The number of hydrogen-bond acceptors (Lipinski definition) is 5. The number of nitro benzene ring substituents is 1. The van der Waals surface area contributed by atoms with Gasteiger partial charge in [-0.15, -0.1) is 11.3 Å². The summed E-state index contributed by atoms with van der Waals surface area (Å²) in [5.74, 6) is 0.0595. The Morgan fingerprint density at radius 3 is 2.40 bits per heavy atom. The second kappa shape index (κ2) is 7.01. The summed E-state index contributed by atoms with van der Waals surface area (Å²) in [7, 11) is 0. The van der Waals surface area contributed by atoms with Crippen LogP contribution in [-0.4, -0.2) is 41.9 Å². The van der Waals surface area contributed by atoms with Crippen molar-refractivity contribution in [3.05, 3.63) is 54.7 Å². The first kappa shape index (κ1) is 17.7. The molecule has 1 fully saturated rings. The molecule has 0 spiro atoms. The van der Waals surface area contributed by atoms with Crippen LogP contribution in [-0.2, 0) is 0 Å². The zero-order valence-corrected chi connectivity index (χ0v) is 15.6. The lowest BCUT2D eigenvalue weighted by Gasteiger charge is -2.37. The van der Waals surface area contributed by atoms with E-state index in [1.54, 1.807) is 0 Å². The van der Waals surface area contributed by atoms with E-state index >= 15 is 0 Å². The van der Waals surface area contributed by atoms with E-state index in [1.807, 2.05) is 30.9 Å². The van der Waals surface area contributed by atoms with Gasteiger partial charge in [0.25, 0.3) is 11.6 Å². The molecule has 1 aromatic heterocycles. The van der Waals surface area contributed by atoms with Crippen molar-refractivity contribution in [2.24, 2.45) is 0 Å². The van der Waals surface area contributed by atoms with Crippen LogP contribution in [0.2, 0.25) is 5.02 Å². The third-order valence-corrected chi connectivity index (χ3v) is 5.56. The molecular weight excluding hydrogens is 362 g/mol. The van der Waals surface area contributed by atoms with E-state index < -0.39 is 4.92 Å². The van der Waals surface area contributed by atoms with Gasteiger partial charge in [-0.3, -0.25) is 14.9 Å². The molecule has 1 amide bonds. The van der Waals surface area contributed by atoms with Crippen molar-refractivity contribution in [3.63, 3.8) is 0 Å². The van der Waals surface area contributed by atoms with Crippen LogP contribution in [0, 0.1) is 24.0 Å². The minimum atomic E-state index is -0.442. The lowest BCUT2D eigenvalue weighted by molar-refractivity contribution is -0.384. The molecule has 8 heteroatoms. The Morgan fingerprint density at radius 1 is 1.20 bits per heavy atom. The third kappa shape index (κ3) is 3.62. The highest BCUT2D eigenvalue weighted by Crippen LogP contribution is 2.34. The van der Waals surface area contributed by atoms with E-state index in [4.69, 9.17) is 11.6 Å². The number of piperazine rings is 1. The van der Waals surface area contributed by atoms with Gasteiger partial charge in [-0.05, 0) is 31.5 Å². The molecule has 0 aliphatic carbocycles. The number of rotatable bonds is 3. The van der Waals surface area contributed by atoms with Crippen molar-refractivity contribution >= 4 is 40.2 Å². The summed E-state index contributed by atoms with van der Waals surface area (Å²) in [6, 6.07) is 6.74. The molecule has 2 aromatic rings. The molecule has 0 radical (unpaired) electrons. The molecule has 0 unspecified atom stereocenters. The van der Waals surface area contributed by atoms with Crippen molar-refractivity contribution in [1.29, 1.82) is 0 Å². The van der Waals surface area contributed by atoms with Gasteiger partial charge in [0.2, 0.25) is 0 Å². The molecule has 0 bridgehead atoms. The number of hydrogen-bond donors (Lipinski definition) is 0. The summed E-state index contributed by atoms with van der Waals surface area (Å²) in [4.78, 5) is 28.8. The number of aryl methyl sites for hydroxylation is 2. The molecule has 0 saturated carbocycles. The van der Waals surface area contributed by atoms with Crippen LogP contribution >= 0.6 is 22.9 Å². The van der Waals surface area contributed by atoms with Gasteiger partial charge in [-0.25, -0.2) is 0 Å². The predicted octanol–water partition coefficient (Wildman–Crippen LogP) is 3.89. The summed E-state index contributed by atoms with van der Waals surface area (Å²) >= 11 is 7.79. The minimum absolute atomic E-state index is 0.00636. The van der Waals surface area contributed by atoms with Crippen molar-refractivity contribution in [3.8, 4) is 0 Å². The van der Waals surface area contributed by atoms with E-state index in [1.165, 1.54) is 23.5 Å². The maximum atomic E-state index is 12.5. The highest BCUT2D eigenvalue weighted by molar-refractivity contribution is 7.13. The summed E-state index contributed by atoms with van der Waals surface area (Å²) < 4.78 is 0. The Hall–Kier alpha value is -2.12. The Labute approximate surface area is 154 Å². The summed E-state index contributed by atoms with van der Waals surface area (Å²) in [5, 5.41) is 11.3. The summed E-state index contributed by atoms with van der Waals surface area (Å²) in [6.45, 7) is 6.30. The number of thiophene rings is 1. The fourth-order valence-corrected chi connectivity index (χ4v) is 4.28. The Morgan fingerprint density at radius 2 is 1.88 bits per heavy atom. The van der Waals surface area contributed by atoms with E-state index in [9.17, 15) is 14.9 Å². The summed E-state index contributed by atoms with van der Waals surface area (Å²) in [6.07, 6.45) is 0. The second-order valence-electron chi connectivity index (χ2n) is 6.04. The molecule has 1 aliphatic heterocycles. The molecule has 0 N–H and O–H groups in total. The lowest BCUT2D eigenvalue weighted by Crippen LogP contribution is -2.48. The van der Waals surface area contributed by atoms with Gasteiger partial charge in [0.1, 0.15) is 0 Å². The first-order valence-electron chi connectivity index (χ1n) is 7.92. The molecule has 25 heavy (non-hydrogen) atoms. The molecule has 3 rings (SSSR count). The van der Waals surface area contributed by atoms with Crippen LogP contribution in [0.4, 0.5) is 11.4 Å². The zero-order valence-electron chi connectivity index (χ0n) is 14.0. The first-order valence-corrected chi connectivity index (χ1v) is 9.11. The normalized spacial score (nSPS) is 14.7. The lowest BCUT2D eigenvalue weighted by atomic mass is 10.1. The molecule has 0 atom stereocenters. The SMILES string of the molecule is Cc1ccc(C(=O)N2CCN(c3c(C)cc([N+](=O)[O-])cc3Cl)CC2)s1. The Bertz CT molecular complexity index is 805. The molecular formula is C17H18ClN3O3S. The number of non-ortho nitro benzene ring substituents is 1. The van der Waals surface area contributed by atoms with Gasteiger partial charge >= 0.3 is 0 Å². The molecule has 132 valence electrons. The fourth-order valence-electron chi connectivity index (χ4n) is 3.06. The smallest absolute Gasteiger partial charge is 0.271 e. The third-order valence-electron chi connectivity index (χ3n) is 4.28. The average Bonchev–Trinajstić information content (AvgIpc) is 3.00. The highest BCUT2D eigenvalue weighted by atomic mass is 35.5. The molecule has 1 aromatic carbocycles. The number of benzene rings is 1. The zero-order chi connectivity index (χ0) is 18.1.